The van der Waals surface area contributed by atoms with Crippen molar-refractivity contribution >= 4 is 30.6 Å². The monoisotopic (exact) mass is 505 g/mol. The van der Waals surface area contributed by atoms with E-state index in [-0.39, 0.29) is 29.4 Å². The fourth-order valence-corrected chi connectivity index (χ4v) is 5.57. The number of aromatic nitrogens is 4. The molecule has 2 aromatic heterocycles. The Hall–Kier alpha value is -2.77. The van der Waals surface area contributed by atoms with Crippen molar-refractivity contribution in [2.75, 3.05) is 12.3 Å². The molecule has 0 spiro atoms. The van der Waals surface area contributed by atoms with E-state index in [9.17, 15) is 19.6 Å². The van der Waals surface area contributed by atoms with Gasteiger partial charge in [0.15, 0.2) is 23.5 Å². The zero-order chi connectivity index (χ0) is 25.0. The largest absolute Gasteiger partial charge is 0.477 e. The Labute approximate surface area is 199 Å². The van der Waals surface area contributed by atoms with Crippen molar-refractivity contribution < 1.29 is 37.9 Å². The lowest BCUT2D eigenvalue weighted by Gasteiger charge is -2.31. The van der Waals surface area contributed by atoms with Crippen molar-refractivity contribution in [3.8, 4) is 0 Å². The Morgan fingerprint density at radius 1 is 1.34 bits per heavy atom. The molecule has 0 saturated carbocycles. The van der Waals surface area contributed by atoms with Gasteiger partial charge in [-0.25, -0.2) is 19.5 Å². The highest BCUT2D eigenvalue weighted by Crippen LogP contribution is 2.59. The Morgan fingerprint density at radius 2 is 2.14 bits per heavy atom. The number of ether oxygens (including phenoxy) is 1. The summed E-state index contributed by atoms with van der Waals surface area (Å²) in [6.07, 6.45) is -2.18. The van der Waals surface area contributed by atoms with Crippen LogP contribution >= 0.6 is 7.82 Å². The fraction of sp³-hybridized carbons (Fsp3) is 0.429. The van der Waals surface area contributed by atoms with E-state index >= 15 is 0 Å². The number of nitrogens with two attached hydrogens (primary N) is 1. The first-order chi connectivity index (χ1) is 16.6. The molecule has 35 heavy (non-hydrogen) atoms. The number of nitrogens with zero attached hydrogens (tertiary/aromatic N) is 4. The number of benzene rings is 1. The Bertz CT molecular complexity index is 1330. The third-order valence-corrected chi connectivity index (χ3v) is 7.52. The number of carbonyl (C=O) groups is 1. The average Bonchev–Trinajstić information content (AvgIpc) is 3.34. The van der Waals surface area contributed by atoms with Gasteiger partial charge < -0.3 is 20.7 Å². The molecule has 0 aliphatic carbocycles. The van der Waals surface area contributed by atoms with Crippen LogP contribution in [0.25, 0.3) is 11.2 Å². The van der Waals surface area contributed by atoms with Crippen LogP contribution in [0.15, 0.2) is 36.9 Å². The van der Waals surface area contributed by atoms with Crippen LogP contribution in [0.1, 0.15) is 48.5 Å². The van der Waals surface area contributed by atoms with Crippen LogP contribution in [0.2, 0.25) is 0 Å². The number of ketones is 1. The number of hydrogen-bond acceptors (Lipinski definition) is 12. The standard InChI is InChI=1S/C21H24N5O8P/c1-11(27)12-4-3-5-13(8-12)14-6-7-31-35(30,33-14)34-19-16(28)21(2,29)20(32-19)26-10-25-15-17(22)23-9-24-18(15)26/h3-5,8-10,14,16,19-20,28-29H,6-7H2,1-2H3,(H2,22,23,24)/t14-,16+,19?,20+,21+,35-/m0/s1. The van der Waals surface area contributed by atoms with Gasteiger partial charge in [-0.05, 0) is 25.5 Å². The van der Waals surface area contributed by atoms with Gasteiger partial charge >= 0.3 is 7.82 Å². The molecule has 5 rings (SSSR count). The lowest BCUT2D eigenvalue weighted by Crippen LogP contribution is -2.44. The van der Waals surface area contributed by atoms with E-state index in [1.165, 1.54) is 31.1 Å². The van der Waals surface area contributed by atoms with Gasteiger partial charge in [-0.15, -0.1) is 0 Å². The van der Waals surface area contributed by atoms with Crippen LogP contribution < -0.4 is 5.73 Å². The van der Waals surface area contributed by atoms with E-state index in [1.54, 1.807) is 24.3 Å². The van der Waals surface area contributed by atoms with Crippen LogP contribution in [0, 0.1) is 0 Å². The van der Waals surface area contributed by atoms with Gasteiger partial charge in [0.2, 0.25) is 6.29 Å². The Kier molecular flexibility index (Phi) is 5.96. The minimum atomic E-state index is -4.23. The van der Waals surface area contributed by atoms with Crippen molar-refractivity contribution in [1.82, 2.24) is 19.5 Å². The third-order valence-electron chi connectivity index (χ3n) is 6.04. The summed E-state index contributed by atoms with van der Waals surface area (Å²) in [4.78, 5) is 23.9. The highest BCUT2D eigenvalue weighted by Gasteiger charge is 2.57. The van der Waals surface area contributed by atoms with Gasteiger partial charge in [0.25, 0.3) is 0 Å². The molecule has 14 heteroatoms. The summed E-state index contributed by atoms with van der Waals surface area (Å²) < 4.78 is 36.9. The highest BCUT2D eigenvalue weighted by atomic mass is 31.2. The predicted octanol–water partition coefficient (Wildman–Crippen LogP) is 1.88. The first kappa shape index (κ1) is 23.9. The number of nitrogen functional groups attached to an aromatic ring is 1. The smallest absolute Gasteiger partial charge is 0.385 e. The summed E-state index contributed by atoms with van der Waals surface area (Å²) in [5.41, 5.74) is 5.59. The van der Waals surface area contributed by atoms with Crippen LogP contribution in [-0.4, -0.2) is 60.1 Å². The van der Waals surface area contributed by atoms with Gasteiger partial charge in [0.1, 0.15) is 23.5 Å². The summed E-state index contributed by atoms with van der Waals surface area (Å²) >= 11 is 0. The van der Waals surface area contributed by atoms with Gasteiger partial charge in [-0.3, -0.25) is 22.9 Å². The van der Waals surface area contributed by atoms with Gasteiger partial charge in [-0.2, -0.15) is 0 Å². The van der Waals surface area contributed by atoms with Gasteiger partial charge in [0, 0.05) is 12.0 Å². The van der Waals surface area contributed by atoms with Crippen molar-refractivity contribution in [1.29, 1.82) is 0 Å². The van der Waals surface area contributed by atoms with Gasteiger partial charge in [0.05, 0.1) is 19.0 Å². The zero-order valence-corrected chi connectivity index (χ0v) is 19.7. The van der Waals surface area contributed by atoms with E-state index in [0.717, 1.165) is 0 Å². The van der Waals surface area contributed by atoms with E-state index < -0.39 is 38.1 Å². The predicted molar refractivity (Wildman–Crippen MR) is 120 cm³/mol. The molecule has 1 unspecified atom stereocenters. The summed E-state index contributed by atoms with van der Waals surface area (Å²) in [7, 11) is -4.23. The third kappa shape index (κ3) is 4.25. The van der Waals surface area contributed by atoms with E-state index in [0.29, 0.717) is 17.5 Å². The highest BCUT2D eigenvalue weighted by molar-refractivity contribution is 7.48. The van der Waals surface area contributed by atoms with Crippen molar-refractivity contribution in [3.05, 3.63) is 48.0 Å². The second-order valence-corrected chi connectivity index (χ2v) is 10.1. The first-order valence-corrected chi connectivity index (χ1v) is 12.3. The molecule has 4 heterocycles. The molecule has 2 aliphatic rings. The molecular formula is C21H24N5O8P. The number of carbonyl (C=O) groups excluding carboxylic acids is 1. The lowest BCUT2D eigenvalue weighted by molar-refractivity contribution is -0.145. The maximum absolute atomic E-state index is 13.3. The Morgan fingerprint density at radius 3 is 2.91 bits per heavy atom. The van der Waals surface area contributed by atoms with E-state index in [2.05, 4.69) is 15.0 Å². The molecule has 0 bridgehead atoms. The van der Waals surface area contributed by atoms with E-state index in [4.69, 9.17) is 24.0 Å². The summed E-state index contributed by atoms with van der Waals surface area (Å²) in [6, 6.07) is 6.77. The maximum atomic E-state index is 13.3. The molecule has 13 nitrogen and oxygen atoms in total. The number of Topliss-reactive ketones (excluding diaryl/α,β-unsaturated/α-hetero) is 1. The number of rotatable bonds is 5. The first-order valence-electron chi connectivity index (χ1n) is 10.8. The molecule has 186 valence electrons. The number of aliphatic hydroxyl groups excluding tert-OH is 1. The summed E-state index contributed by atoms with van der Waals surface area (Å²) in [6.45, 7) is 2.82. The quantitative estimate of drug-likeness (QED) is 0.339. The maximum Gasteiger partial charge on any atom is 0.477 e. The number of hydrogen-bond donors (Lipinski definition) is 3. The number of phosphoric acid groups is 1. The molecule has 0 amide bonds. The minimum Gasteiger partial charge on any atom is -0.385 e. The average molecular weight is 505 g/mol. The molecular weight excluding hydrogens is 481 g/mol. The number of anilines is 1. The second kappa shape index (κ2) is 8.71. The number of aliphatic hydroxyl groups is 2. The second-order valence-electron chi connectivity index (χ2n) is 8.56. The summed E-state index contributed by atoms with van der Waals surface area (Å²) in [5.74, 6) is 0.0150. The van der Waals surface area contributed by atoms with E-state index in [1.807, 2.05) is 0 Å². The van der Waals surface area contributed by atoms with Crippen LogP contribution in [0.3, 0.4) is 0 Å². The van der Waals surface area contributed by atoms with Crippen molar-refractivity contribution in [3.63, 3.8) is 0 Å². The summed E-state index contributed by atoms with van der Waals surface area (Å²) in [5, 5.41) is 21.8. The van der Waals surface area contributed by atoms with Gasteiger partial charge in [-0.1, -0.05) is 18.2 Å². The fourth-order valence-electron chi connectivity index (χ4n) is 4.11. The topological polar surface area (TPSA) is 181 Å². The molecule has 2 saturated heterocycles. The molecule has 1 aromatic carbocycles. The normalized spacial score (nSPS) is 33.3. The SMILES string of the molecule is CC(=O)c1cccc([C@@H]2CCO[P@](=O)(OC3O[C@@H](n4cnc5c(N)ncnc54)[C@](C)(O)[C@@H]3O)O2)c1. The van der Waals surface area contributed by atoms with Crippen molar-refractivity contribution in [2.24, 2.45) is 0 Å². The van der Waals surface area contributed by atoms with Crippen LogP contribution in [-0.2, 0) is 22.9 Å². The zero-order valence-electron chi connectivity index (χ0n) is 18.8. The molecule has 6 atom stereocenters. The van der Waals surface area contributed by atoms with Crippen LogP contribution in [0.5, 0.6) is 0 Å². The molecule has 0 radical (unpaired) electrons. The Balaban J connectivity index is 1.37. The van der Waals surface area contributed by atoms with Crippen LogP contribution in [0.4, 0.5) is 5.82 Å². The number of imidazole rings is 1. The lowest BCUT2D eigenvalue weighted by atomic mass is 9.99. The minimum absolute atomic E-state index is 0.0389. The molecule has 2 fully saturated rings. The molecule has 2 aliphatic heterocycles. The molecule has 3 aromatic rings. The van der Waals surface area contributed by atoms with Crippen molar-refractivity contribution in [2.45, 2.75) is 50.6 Å². The number of phosphoric ester groups is 1. The molecule has 4 N–H and O–H groups in total. The number of fused-ring (bicyclic) bond motifs is 1.